The van der Waals surface area contributed by atoms with Crippen LogP contribution in [0.15, 0.2) is 90.0 Å². The van der Waals surface area contributed by atoms with Crippen LogP contribution in [0.4, 0.5) is 0 Å². The average molecular weight is 529 g/mol. The second-order valence-electron chi connectivity index (χ2n) is 8.76. The highest BCUT2D eigenvalue weighted by Crippen LogP contribution is 2.40. The topological polar surface area (TPSA) is 114 Å². The van der Waals surface area contributed by atoms with E-state index in [2.05, 4.69) is 15.0 Å². The molecule has 0 aliphatic heterocycles. The average Bonchev–Trinajstić information content (AvgIpc) is 3.32. The first-order valence-electron chi connectivity index (χ1n) is 11.6. The number of hydrogen-bond donors (Lipinski definition) is 1. The highest BCUT2D eigenvalue weighted by atomic mass is 32.2. The van der Waals surface area contributed by atoms with E-state index in [1.807, 2.05) is 18.2 Å². The van der Waals surface area contributed by atoms with E-state index in [1.54, 1.807) is 74.9 Å². The lowest BCUT2D eigenvalue weighted by molar-refractivity contribution is 0.0827. The van der Waals surface area contributed by atoms with Gasteiger partial charge in [0.1, 0.15) is 22.1 Å². The van der Waals surface area contributed by atoms with Gasteiger partial charge >= 0.3 is 0 Å². The summed E-state index contributed by atoms with van der Waals surface area (Å²) in [4.78, 5) is 26.0. The van der Waals surface area contributed by atoms with Gasteiger partial charge in [-0.15, -0.1) is 0 Å². The minimum absolute atomic E-state index is 0.0498. The third kappa shape index (κ3) is 5.21. The number of carbonyl (C=O) groups is 1. The molecule has 0 spiro atoms. The van der Waals surface area contributed by atoms with Gasteiger partial charge in [0.15, 0.2) is 27.2 Å². The van der Waals surface area contributed by atoms with E-state index >= 15 is 0 Å². The first-order chi connectivity index (χ1) is 18.2. The van der Waals surface area contributed by atoms with Crippen LogP contribution in [0.5, 0.6) is 23.0 Å². The molecule has 1 amide bonds. The molecule has 10 heteroatoms. The zero-order valence-corrected chi connectivity index (χ0v) is 21.7. The van der Waals surface area contributed by atoms with Crippen molar-refractivity contribution in [2.24, 2.45) is 0 Å². The lowest BCUT2D eigenvalue weighted by Crippen LogP contribution is -2.21. The van der Waals surface area contributed by atoms with Crippen molar-refractivity contribution >= 4 is 26.8 Å². The van der Waals surface area contributed by atoms with E-state index in [0.717, 1.165) is 6.26 Å². The first-order valence-corrected chi connectivity index (χ1v) is 13.5. The molecule has 0 saturated carbocycles. The van der Waals surface area contributed by atoms with Gasteiger partial charge in [0.25, 0.3) is 5.91 Å². The largest absolute Gasteiger partial charge is 0.453 e. The minimum atomic E-state index is -3.55. The van der Waals surface area contributed by atoms with Gasteiger partial charge in [0.05, 0.1) is 11.0 Å². The molecule has 0 bridgehead atoms. The summed E-state index contributed by atoms with van der Waals surface area (Å²) in [5, 5.41) is 0. The fourth-order valence-corrected chi connectivity index (χ4v) is 4.61. The summed E-state index contributed by atoms with van der Waals surface area (Å²) < 4.78 is 37.0. The molecular formula is C28H24N4O5S. The molecule has 1 N–H and O–H groups in total. The molecule has 0 saturated heterocycles. The number of nitrogens with zero attached hydrogens (tertiary/aromatic N) is 3. The van der Waals surface area contributed by atoms with Crippen molar-refractivity contribution in [3.05, 3.63) is 90.6 Å². The van der Waals surface area contributed by atoms with E-state index < -0.39 is 9.84 Å². The Morgan fingerprint density at radius 1 is 0.868 bits per heavy atom. The van der Waals surface area contributed by atoms with E-state index in [9.17, 15) is 13.2 Å². The van der Waals surface area contributed by atoms with Gasteiger partial charge in [-0.1, -0.05) is 18.2 Å². The number of fused-ring (bicyclic) bond motifs is 1. The van der Waals surface area contributed by atoms with Crippen molar-refractivity contribution in [3.63, 3.8) is 0 Å². The van der Waals surface area contributed by atoms with Gasteiger partial charge in [0.2, 0.25) is 0 Å². The second-order valence-corrected chi connectivity index (χ2v) is 10.7. The van der Waals surface area contributed by atoms with Crippen molar-refractivity contribution in [3.8, 4) is 34.5 Å². The minimum Gasteiger partial charge on any atom is -0.453 e. The molecule has 0 radical (unpaired) electrons. The Bertz CT molecular complexity index is 1730. The normalized spacial score (nSPS) is 11.3. The second kappa shape index (κ2) is 9.98. The maximum absolute atomic E-state index is 12.4. The van der Waals surface area contributed by atoms with Crippen molar-refractivity contribution in [1.82, 2.24) is 19.9 Å². The van der Waals surface area contributed by atoms with Crippen LogP contribution in [-0.4, -0.2) is 54.5 Å². The van der Waals surface area contributed by atoms with Crippen molar-refractivity contribution in [2.75, 3.05) is 20.4 Å². The fraction of sp³-hybridized carbons (Fsp3) is 0.107. The number of carbonyl (C=O) groups excluding carboxylic acids is 1. The van der Waals surface area contributed by atoms with Crippen molar-refractivity contribution in [2.45, 2.75) is 4.90 Å². The molecule has 0 aliphatic carbocycles. The number of pyridine rings is 1. The summed E-state index contributed by atoms with van der Waals surface area (Å²) in [5.41, 5.74) is 2.43. The lowest BCUT2D eigenvalue weighted by Gasteiger charge is -2.15. The smallest absolute Gasteiger partial charge is 0.253 e. The van der Waals surface area contributed by atoms with Gasteiger partial charge in [-0.2, -0.15) is 0 Å². The number of aromatic nitrogens is 3. The number of hydrogen-bond acceptors (Lipinski definition) is 7. The highest BCUT2D eigenvalue weighted by molar-refractivity contribution is 7.90. The third-order valence-corrected chi connectivity index (χ3v) is 6.79. The molecule has 2 aromatic heterocycles. The van der Waals surface area contributed by atoms with Gasteiger partial charge in [0, 0.05) is 44.2 Å². The number of ether oxygens (including phenoxy) is 2. The molecule has 0 aliphatic rings. The number of benzene rings is 3. The number of aromatic amines is 1. The molecule has 38 heavy (non-hydrogen) atoms. The van der Waals surface area contributed by atoms with Crippen LogP contribution in [0, 0.1) is 0 Å². The molecule has 2 heterocycles. The van der Waals surface area contributed by atoms with Crippen LogP contribution in [-0.2, 0) is 9.84 Å². The number of amides is 1. The van der Waals surface area contributed by atoms with Crippen molar-refractivity contribution in [1.29, 1.82) is 0 Å². The summed E-state index contributed by atoms with van der Waals surface area (Å²) in [6.45, 7) is 0. The monoisotopic (exact) mass is 528 g/mol. The zero-order chi connectivity index (χ0) is 26.9. The van der Waals surface area contributed by atoms with Crippen molar-refractivity contribution < 1.29 is 22.7 Å². The van der Waals surface area contributed by atoms with Crippen LogP contribution in [0.3, 0.4) is 0 Å². The third-order valence-electron chi connectivity index (χ3n) is 5.66. The van der Waals surface area contributed by atoms with Crippen LogP contribution in [0.1, 0.15) is 10.4 Å². The van der Waals surface area contributed by atoms with Crippen LogP contribution in [0.2, 0.25) is 0 Å². The molecule has 9 nitrogen and oxygen atoms in total. The van der Waals surface area contributed by atoms with Crippen LogP contribution in [0.25, 0.3) is 22.6 Å². The summed E-state index contributed by atoms with van der Waals surface area (Å²) in [6.07, 6.45) is 2.80. The first kappa shape index (κ1) is 25.0. The lowest BCUT2D eigenvalue weighted by atomic mass is 10.2. The molecule has 5 rings (SSSR count). The zero-order valence-electron chi connectivity index (χ0n) is 20.9. The Hall–Kier alpha value is -4.70. The summed E-state index contributed by atoms with van der Waals surface area (Å²) >= 11 is 0. The van der Waals surface area contributed by atoms with Gasteiger partial charge in [-0.05, 0) is 48.5 Å². The summed E-state index contributed by atoms with van der Waals surface area (Å²) in [5.74, 6) is 1.65. The molecule has 3 aromatic carbocycles. The Labute approximate surface area is 219 Å². The van der Waals surface area contributed by atoms with Gasteiger partial charge in [-0.3, -0.25) is 9.78 Å². The number of sulfone groups is 1. The van der Waals surface area contributed by atoms with E-state index in [1.165, 1.54) is 11.0 Å². The summed E-state index contributed by atoms with van der Waals surface area (Å²) in [7, 11) is -0.183. The molecule has 0 atom stereocenters. The number of rotatable bonds is 7. The number of nitrogens with one attached hydrogen (secondary N) is 1. The van der Waals surface area contributed by atoms with E-state index in [0.29, 0.717) is 39.6 Å². The molecule has 0 unspecified atom stereocenters. The fourth-order valence-electron chi connectivity index (χ4n) is 3.81. The predicted molar refractivity (Wildman–Crippen MR) is 143 cm³/mol. The highest BCUT2D eigenvalue weighted by Gasteiger charge is 2.19. The molecular weight excluding hydrogens is 504 g/mol. The maximum Gasteiger partial charge on any atom is 0.253 e. The molecule has 192 valence electrons. The Morgan fingerprint density at radius 2 is 1.58 bits per heavy atom. The Kier molecular flexibility index (Phi) is 6.56. The van der Waals surface area contributed by atoms with E-state index in [4.69, 9.17) is 9.47 Å². The standard InChI is InChI=1S/C28H24N4O5S/c1-32(2)28(33)18-11-13-19(14-12-18)36-24-16-21-22(31-27(30-21)20-8-6-7-15-29-20)17-25(24)37-23-9-4-5-10-26(23)38(3,34)35/h4-17H,1-3H3,(H,30,31). The quantitative estimate of drug-likeness (QED) is 0.304. The van der Waals surface area contributed by atoms with E-state index in [-0.39, 0.29) is 22.3 Å². The SMILES string of the molecule is CN(C)C(=O)c1ccc(Oc2cc3[nH]c(-c4ccccn4)nc3cc2Oc2ccccc2S(C)(=O)=O)cc1. The Morgan fingerprint density at radius 3 is 2.26 bits per heavy atom. The number of para-hydroxylation sites is 1. The molecule has 5 aromatic rings. The van der Waals surface area contributed by atoms with Gasteiger partial charge < -0.3 is 19.4 Å². The molecule has 0 fully saturated rings. The summed E-state index contributed by atoms with van der Waals surface area (Å²) in [6, 6.07) is 22.0. The van der Waals surface area contributed by atoms with Crippen LogP contribution >= 0.6 is 0 Å². The number of H-pyrrole nitrogens is 1. The Balaban J connectivity index is 1.58. The van der Waals surface area contributed by atoms with Gasteiger partial charge in [-0.25, -0.2) is 13.4 Å². The maximum atomic E-state index is 12.4. The predicted octanol–water partition coefficient (Wildman–Crippen LogP) is 5.31. The van der Waals surface area contributed by atoms with Crippen LogP contribution < -0.4 is 9.47 Å². The number of imidazole rings is 1.